The Hall–Kier alpha value is -3.33. The highest BCUT2D eigenvalue weighted by Gasteiger charge is 2.27. The Morgan fingerprint density at radius 3 is 1.21 bits per heavy atom. The lowest BCUT2D eigenvalue weighted by atomic mass is 10.0. The van der Waals surface area contributed by atoms with Gasteiger partial charge in [0.2, 0.25) is 5.91 Å². The van der Waals surface area contributed by atoms with Gasteiger partial charge >= 0.3 is 5.97 Å². The van der Waals surface area contributed by atoms with Crippen molar-refractivity contribution in [3.8, 4) is 0 Å². The van der Waals surface area contributed by atoms with E-state index in [0.717, 1.165) is 116 Å². The van der Waals surface area contributed by atoms with Crippen molar-refractivity contribution in [2.24, 2.45) is 0 Å². The van der Waals surface area contributed by atoms with E-state index >= 15 is 0 Å². The van der Waals surface area contributed by atoms with Crippen LogP contribution in [0.4, 0.5) is 0 Å². The van der Waals surface area contributed by atoms with Crippen molar-refractivity contribution in [2.45, 2.75) is 290 Å². The molecular weight excluding hydrogens is 1020 g/mol. The second-order valence-corrected chi connectivity index (χ2v) is 24.6. The topological polar surface area (TPSA) is 114 Å². The normalized spacial score (nSPS) is 14.3. The van der Waals surface area contributed by atoms with Crippen molar-refractivity contribution in [1.82, 2.24) is 5.32 Å². The number of phosphoric ester groups is 1. The molecule has 0 aliphatic carbocycles. The third-order valence-electron chi connectivity index (χ3n) is 14.2. The van der Waals surface area contributed by atoms with Gasteiger partial charge in [-0.3, -0.25) is 14.2 Å². The zero-order valence-corrected chi connectivity index (χ0v) is 54.1. The average molecular weight is 1150 g/mol. The van der Waals surface area contributed by atoms with Gasteiger partial charge in [-0.05, 0) is 115 Å². The van der Waals surface area contributed by atoms with Gasteiger partial charge in [0.15, 0.2) is 0 Å². The molecule has 466 valence electrons. The Morgan fingerprint density at radius 1 is 0.444 bits per heavy atom. The molecule has 0 aliphatic rings. The number of amides is 1. The van der Waals surface area contributed by atoms with Crippen LogP contribution in [-0.4, -0.2) is 69.4 Å². The highest BCUT2D eigenvalue weighted by molar-refractivity contribution is 7.45. The summed E-state index contributed by atoms with van der Waals surface area (Å²) in [5.41, 5.74) is 0. The van der Waals surface area contributed by atoms with Crippen molar-refractivity contribution in [2.75, 3.05) is 40.9 Å². The van der Waals surface area contributed by atoms with Crippen molar-refractivity contribution in [3.63, 3.8) is 0 Å². The molecule has 0 saturated heterocycles. The highest BCUT2D eigenvalue weighted by atomic mass is 31.2. The number of ether oxygens (including phenoxy) is 1. The Balaban J connectivity index is 5.19. The molecule has 1 N–H and O–H groups in total. The number of quaternary nitrogens is 1. The number of nitrogens with zero attached hydrogens (tertiary/aromatic N) is 1. The number of hydrogen-bond donors (Lipinski definition) is 1. The number of esters is 1. The maximum atomic E-state index is 13.6. The van der Waals surface area contributed by atoms with E-state index in [1.54, 1.807) is 0 Å². The van der Waals surface area contributed by atoms with Gasteiger partial charge in [-0.15, -0.1) is 0 Å². The quantitative estimate of drug-likeness (QED) is 0.0212. The molecule has 0 aliphatic heterocycles. The standard InChI is InChI=1S/C71H125N2O7P/c1-7-10-13-16-19-22-25-27-29-31-33-35-36-38-39-41-43-45-48-51-54-57-60-63-70(74)72-68(67-79-81(76,77)78-66-65-73(4,5)6)69(62-59-56-53-50-47-24-21-18-15-12-9-3)80-71(75)64-61-58-55-52-49-46-44-42-40-37-34-32-30-28-26-23-20-17-14-11-8-2/h10,13,19-20,22-23,27-30,33,35,38-39,43,45,59,62,68-69H,7-9,11-12,14-18,21,24-26,31-32,34,36-37,40-42,44,46-58,60-61,63-67H2,1-6H3,(H-,72,74,76,77)/b13-10-,22-19-,23-20-,29-27-,30-28-,35-33-,39-38-,45-43-,62-59+. The maximum absolute atomic E-state index is 13.6. The number of rotatable bonds is 59. The van der Waals surface area contributed by atoms with Gasteiger partial charge in [0.1, 0.15) is 19.3 Å². The summed E-state index contributed by atoms with van der Waals surface area (Å²) >= 11 is 0. The maximum Gasteiger partial charge on any atom is 0.306 e. The van der Waals surface area contributed by atoms with E-state index in [1.165, 1.54) is 122 Å². The number of phosphoric acid groups is 1. The van der Waals surface area contributed by atoms with Gasteiger partial charge in [-0.1, -0.05) is 259 Å². The predicted octanol–water partition coefficient (Wildman–Crippen LogP) is 20.3. The first kappa shape index (κ1) is 77.7. The number of unbranched alkanes of at least 4 members (excludes halogenated alkanes) is 27. The largest absolute Gasteiger partial charge is 0.756 e. The number of carbonyl (C=O) groups excluding carboxylic acids is 2. The molecule has 81 heavy (non-hydrogen) atoms. The molecule has 3 atom stereocenters. The van der Waals surface area contributed by atoms with E-state index in [-0.39, 0.29) is 31.3 Å². The number of allylic oxidation sites excluding steroid dienone is 17. The SMILES string of the molecule is CC/C=C\C/C=C\C/C=C\C/C=C\C/C=C\C/C=C\CCCCCCC(=O)NC(COP(=O)([O-])OCC[N+](C)(C)C)C(/C=C/CCCCCCCCCCC)OC(=O)CCCCCCCCCCCCC/C=C\C/C=C\CCCCC. The molecule has 9 nitrogen and oxygen atoms in total. The smallest absolute Gasteiger partial charge is 0.306 e. The summed E-state index contributed by atoms with van der Waals surface area (Å²) in [5, 5.41) is 3.02. The summed E-state index contributed by atoms with van der Waals surface area (Å²) in [6.45, 7) is 6.68. The second kappa shape index (κ2) is 59.8. The lowest BCUT2D eigenvalue weighted by Gasteiger charge is -2.30. The van der Waals surface area contributed by atoms with E-state index in [9.17, 15) is 19.0 Å². The predicted molar refractivity (Wildman–Crippen MR) is 348 cm³/mol. The summed E-state index contributed by atoms with van der Waals surface area (Å²) in [5.74, 6) is -0.575. The first-order valence-corrected chi connectivity index (χ1v) is 34.7. The lowest BCUT2D eigenvalue weighted by molar-refractivity contribution is -0.870. The molecule has 1 amide bonds. The molecule has 0 aromatic rings. The fourth-order valence-corrected chi connectivity index (χ4v) is 9.81. The summed E-state index contributed by atoms with van der Waals surface area (Å²) in [7, 11) is 1.15. The van der Waals surface area contributed by atoms with Crippen LogP contribution in [0.1, 0.15) is 278 Å². The fraction of sp³-hybridized carbons (Fsp3) is 0.718. The Bertz CT molecular complexity index is 1750. The van der Waals surface area contributed by atoms with Crippen molar-refractivity contribution >= 4 is 19.7 Å². The summed E-state index contributed by atoms with van der Waals surface area (Å²) in [6, 6.07) is -0.910. The number of carbonyl (C=O) groups is 2. The van der Waals surface area contributed by atoms with Crippen molar-refractivity contribution < 1.29 is 37.3 Å². The van der Waals surface area contributed by atoms with Gasteiger partial charge in [-0.2, -0.15) is 0 Å². The molecule has 10 heteroatoms. The molecule has 0 aromatic heterocycles. The minimum absolute atomic E-state index is 0.0330. The molecule has 0 saturated carbocycles. The third-order valence-corrected chi connectivity index (χ3v) is 15.2. The number of hydrogen-bond acceptors (Lipinski definition) is 7. The Morgan fingerprint density at radius 2 is 0.790 bits per heavy atom. The zero-order chi connectivity index (χ0) is 59.3. The first-order chi connectivity index (χ1) is 39.4. The van der Waals surface area contributed by atoms with Gasteiger partial charge in [0, 0.05) is 12.8 Å². The molecule has 0 aromatic carbocycles. The molecule has 0 radical (unpaired) electrons. The van der Waals surface area contributed by atoms with E-state index in [0.29, 0.717) is 17.4 Å². The highest BCUT2D eigenvalue weighted by Crippen LogP contribution is 2.38. The van der Waals surface area contributed by atoms with Gasteiger partial charge < -0.3 is 28.5 Å². The molecule has 3 unspecified atom stereocenters. The van der Waals surface area contributed by atoms with Crippen LogP contribution in [0.15, 0.2) is 109 Å². The van der Waals surface area contributed by atoms with Gasteiger partial charge in [0.25, 0.3) is 7.82 Å². The van der Waals surface area contributed by atoms with Gasteiger partial charge in [-0.25, -0.2) is 0 Å². The first-order valence-electron chi connectivity index (χ1n) is 33.2. The van der Waals surface area contributed by atoms with Crippen LogP contribution in [0.3, 0.4) is 0 Å². The van der Waals surface area contributed by atoms with Crippen LogP contribution in [-0.2, 0) is 27.9 Å². The summed E-state index contributed by atoms with van der Waals surface area (Å²) in [6.07, 6.45) is 82.0. The number of nitrogens with one attached hydrogen (secondary N) is 1. The second-order valence-electron chi connectivity index (χ2n) is 23.2. The lowest BCUT2D eigenvalue weighted by Crippen LogP contribution is -2.47. The van der Waals surface area contributed by atoms with Crippen LogP contribution in [0.5, 0.6) is 0 Å². The zero-order valence-electron chi connectivity index (χ0n) is 53.2. The molecule has 0 heterocycles. The molecule has 0 spiro atoms. The summed E-state index contributed by atoms with van der Waals surface area (Å²) in [4.78, 5) is 40.1. The Labute approximate surface area is 500 Å². The van der Waals surface area contributed by atoms with Crippen LogP contribution < -0.4 is 10.2 Å². The van der Waals surface area contributed by atoms with Gasteiger partial charge in [0.05, 0.1) is 33.8 Å². The van der Waals surface area contributed by atoms with Crippen LogP contribution in [0.2, 0.25) is 0 Å². The summed E-state index contributed by atoms with van der Waals surface area (Å²) < 4.78 is 30.3. The Kier molecular flexibility index (Phi) is 57.4. The molecule has 0 bridgehead atoms. The number of likely N-dealkylation sites (N-methyl/N-ethyl adjacent to an activating group) is 1. The van der Waals surface area contributed by atoms with Crippen LogP contribution in [0.25, 0.3) is 0 Å². The fourth-order valence-electron chi connectivity index (χ4n) is 9.08. The van der Waals surface area contributed by atoms with Crippen LogP contribution >= 0.6 is 7.82 Å². The van der Waals surface area contributed by atoms with Crippen LogP contribution in [0, 0.1) is 0 Å². The van der Waals surface area contributed by atoms with E-state index < -0.39 is 26.6 Å². The molecule has 0 fully saturated rings. The van der Waals surface area contributed by atoms with Crippen molar-refractivity contribution in [3.05, 3.63) is 109 Å². The third kappa shape index (κ3) is 61.1. The minimum atomic E-state index is -4.72. The van der Waals surface area contributed by atoms with E-state index in [4.69, 9.17) is 13.8 Å². The monoisotopic (exact) mass is 1150 g/mol. The average Bonchev–Trinajstić information content (AvgIpc) is 3.43. The molecule has 0 rings (SSSR count). The minimum Gasteiger partial charge on any atom is -0.756 e. The van der Waals surface area contributed by atoms with Crippen molar-refractivity contribution in [1.29, 1.82) is 0 Å². The van der Waals surface area contributed by atoms with E-state index in [1.807, 2.05) is 33.3 Å². The van der Waals surface area contributed by atoms with E-state index in [2.05, 4.69) is 123 Å². The molecular formula is C71H125N2O7P.